The first-order valence-electron chi connectivity index (χ1n) is 5.58. The van der Waals surface area contributed by atoms with Crippen molar-refractivity contribution in [1.29, 1.82) is 0 Å². The van der Waals surface area contributed by atoms with E-state index in [0.29, 0.717) is 5.95 Å². The van der Waals surface area contributed by atoms with Crippen LogP contribution in [-0.2, 0) is 6.54 Å². The quantitative estimate of drug-likeness (QED) is 0.780. The lowest BCUT2D eigenvalue weighted by molar-refractivity contribution is 0.836. The summed E-state index contributed by atoms with van der Waals surface area (Å²) in [5.41, 5.74) is 10.6. The van der Waals surface area contributed by atoms with Crippen LogP contribution < -0.4 is 5.73 Å². The molecule has 0 aliphatic heterocycles. The highest BCUT2D eigenvalue weighted by molar-refractivity contribution is 9.10. The topological polar surface area (TPSA) is 43.8 Å². The lowest BCUT2D eigenvalue weighted by Gasteiger charge is -2.06. The number of halogens is 1. The van der Waals surface area contributed by atoms with Gasteiger partial charge in [0.15, 0.2) is 0 Å². The van der Waals surface area contributed by atoms with Gasteiger partial charge in [-0.05, 0) is 47.0 Å². The van der Waals surface area contributed by atoms with E-state index in [1.54, 1.807) is 11.3 Å². The van der Waals surface area contributed by atoms with Crippen molar-refractivity contribution < 1.29 is 0 Å². The molecule has 0 spiro atoms. The van der Waals surface area contributed by atoms with Gasteiger partial charge in [0.1, 0.15) is 0 Å². The Kier molecular flexibility index (Phi) is 2.87. The summed E-state index contributed by atoms with van der Waals surface area (Å²) < 4.78 is 3.07. The minimum Gasteiger partial charge on any atom is -0.369 e. The predicted molar refractivity (Wildman–Crippen MR) is 80.0 cm³/mol. The summed E-state index contributed by atoms with van der Waals surface area (Å²) in [6.45, 7) is 2.90. The molecule has 0 saturated carbocycles. The fourth-order valence-corrected chi connectivity index (χ4v) is 3.20. The number of rotatable bonds is 2. The Bertz CT molecular complexity index is 714. The first kappa shape index (κ1) is 11.7. The van der Waals surface area contributed by atoms with Crippen molar-refractivity contribution in [3.8, 4) is 0 Å². The highest BCUT2D eigenvalue weighted by Gasteiger charge is 2.10. The highest BCUT2D eigenvalue weighted by Crippen LogP contribution is 2.24. The second kappa shape index (κ2) is 4.40. The van der Waals surface area contributed by atoms with Crippen LogP contribution in [0.5, 0.6) is 0 Å². The molecule has 0 aliphatic carbocycles. The number of anilines is 1. The molecule has 3 rings (SSSR count). The highest BCUT2D eigenvalue weighted by atomic mass is 79.9. The van der Waals surface area contributed by atoms with Crippen molar-refractivity contribution >= 4 is 44.2 Å². The molecule has 0 fully saturated rings. The maximum atomic E-state index is 6.01. The van der Waals surface area contributed by atoms with Gasteiger partial charge in [-0.2, -0.15) is 11.3 Å². The van der Waals surface area contributed by atoms with Crippen LogP contribution in [0, 0.1) is 6.92 Å². The molecule has 0 amide bonds. The van der Waals surface area contributed by atoms with Gasteiger partial charge in [0.05, 0.1) is 17.6 Å². The number of benzene rings is 1. The molecule has 2 heterocycles. The summed E-state index contributed by atoms with van der Waals surface area (Å²) in [7, 11) is 0. The summed E-state index contributed by atoms with van der Waals surface area (Å²) in [5.74, 6) is 0.564. The Hall–Kier alpha value is -1.33. The smallest absolute Gasteiger partial charge is 0.201 e. The summed E-state index contributed by atoms with van der Waals surface area (Å²) in [6, 6.07) is 6.05. The minimum absolute atomic E-state index is 0.564. The average molecular weight is 322 g/mol. The number of nitrogens with zero attached hydrogens (tertiary/aromatic N) is 2. The predicted octanol–water partition coefficient (Wildman–Crippen LogP) is 3.80. The number of hydrogen-bond acceptors (Lipinski definition) is 3. The van der Waals surface area contributed by atoms with Crippen molar-refractivity contribution in [2.45, 2.75) is 13.5 Å². The average Bonchev–Trinajstić information content (AvgIpc) is 2.85. The Balaban J connectivity index is 2.11. The monoisotopic (exact) mass is 321 g/mol. The van der Waals surface area contributed by atoms with Crippen LogP contribution in [0.15, 0.2) is 33.4 Å². The second-order valence-electron chi connectivity index (χ2n) is 4.27. The molecule has 0 bridgehead atoms. The Morgan fingerprint density at radius 3 is 2.94 bits per heavy atom. The van der Waals surface area contributed by atoms with Crippen molar-refractivity contribution in [3.05, 3.63) is 44.6 Å². The molecular formula is C13H12BrN3S. The molecule has 2 aromatic heterocycles. The van der Waals surface area contributed by atoms with Crippen molar-refractivity contribution in [2.24, 2.45) is 0 Å². The Labute approximate surface area is 117 Å². The molecule has 3 nitrogen and oxygen atoms in total. The van der Waals surface area contributed by atoms with Gasteiger partial charge in [0, 0.05) is 4.47 Å². The molecule has 1 aromatic carbocycles. The minimum atomic E-state index is 0.564. The first-order chi connectivity index (χ1) is 8.65. The maximum Gasteiger partial charge on any atom is 0.201 e. The number of nitrogen functional groups attached to an aromatic ring is 1. The number of imidazole rings is 1. The number of hydrogen-bond donors (Lipinski definition) is 1. The third kappa shape index (κ3) is 1.93. The number of nitrogens with two attached hydrogens (primary N) is 1. The van der Waals surface area contributed by atoms with E-state index in [0.717, 1.165) is 22.1 Å². The van der Waals surface area contributed by atoms with Gasteiger partial charge < -0.3 is 10.3 Å². The summed E-state index contributed by atoms with van der Waals surface area (Å²) in [5, 5.41) is 4.32. The van der Waals surface area contributed by atoms with Crippen molar-refractivity contribution in [3.63, 3.8) is 0 Å². The van der Waals surface area contributed by atoms with E-state index in [1.165, 1.54) is 11.1 Å². The lowest BCUT2D eigenvalue weighted by atomic mass is 10.2. The van der Waals surface area contributed by atoms with Gasteiger partial charge in [-0.25, -0.2) is 4.98 Å². The Morgan fingerprint density at radius 2 is 2.22 bits per heavy atom. The van der Waals surface area contributed by atoms with Gasteiger partial charge >= 0.3 is 0 Å². The number of fused-ring (bicyclic) bond motifs is 1. The zero-order valence-corrected chi connectivity index (χ0v) is 12.3. The molecule has 3 aromatic rings. The number of thiophene rings is 1. The maximum absolute atomic E-state index is 6.01. The molecule has 92 valence electrons. The van der Waals surface area contributed by atoms with Crippen LogP contribution in [0.4, 0.5) is 5.95 Å². The first-order valence-corrected chi connectivity index (χ1v) is 7.31. The summed E-state index contributed by atoms with van der Waals surface area (Å²) in [4.78, 5) is 4.40. The van der Waals surface area contributed by atoms with E-state index in [9.17, 15) is 0 Å². The Morgan fingerprint density at radius 1 is 1.39 bits per heavy atom. The van der Waals surface area contributed by atoms with Crippen LogP contribution in [0.1, 0.15) is 11.1 Å². The van der Waals surface area contributed by atoms with Gasteiger partial charge in [-0.3, -0.25) is 0 Å². The van der Waals surface area contributed by atoms with Crippen molar-refractivity contribution in [2.75, 3.05) is 5.73 Å². The van der Waals surface area contributed by atoms with E-state index >= 15 is 0 Å². The third-order valence-corrected chi connectivity index (χ3v) is 4.43. The van der Waals surface area contributed by atoms with Crippen LogP contribution >= 0.6 is 27.3 Å². The van der Waals surface area contributed by atoms with E-state index in [2.05, 4.69) is 43.2 Å². The zero-order chi connectivity index (χ0) is 12.7. The van der Waals surface area contributed by atoms with Gasteiger partial charge in [-0.1, -0.05) is 15.9 Å². The summed E-state index contributed by atoms with van der Waals surface area (Å²) in [6.07, 6.45) is 0. The van der Waals surface area contributed by atoms with E-state index in [4.69, 9.17) is 5.73 Å². The van der Waals surface area contributed by atoms with Gasteiger partial charge in [-0.15, -0.1) is 0 Å². The van der Waals surface area contributed by atoms with Crippen LogP contribution in [0.25, 0.3) is 11.0 Å². The molecule has 18 heavy (non-hydrogen) atoms. The molecule has 2 N–H and O–H groups in total. The largest absolute Gasteiger partial charge is 0.369 e. The molecule has 0 radical (unpaired) electrons. The SMILES string of the molecule is Cc1cscc1Cn1c(N)nc2cc(Br)ccc21. The fraction of sp³-hybridized carbons (Fsp3) is 0.154. The molecule has 0 atom stereocenters. The lowest BCUT2D eigenvalue weighted by Crippen LogP contribution is -2.04. The van der Waals surface area contributed by atoms with E-state index in [1.807, 2.05) is 18.2 Å². The van der Waals surface area contributed by atoms with Crippen LogP contribution in [0.2, 0.25) is 0 Å². The van der Waals surface area contributed by atoms with Crippen LogP contribution in [0.3, 0.4) is 0 Å². The van der Waals surface area contributed by atoms with E-state index < -0.39 is 0 Å². The van der Waals surface area contributed by atoms with Gasteiger partial charge in [0.2, 0.25) is 5.95 Å². The standard InChI is InChI=1S/C13H12BrN3S/c1-8-6-18-7-9(8)5-17-12-3-2-10(14)4-11(12)16-13(17)15/h2-4,6-7H,5H2,1H3,(H2,15,16). The molecular weight excluding hydrogens is 310 g/mol. The molecule has 5 heteroatoms. The molecule has 0 saturated heterocycles. The normalized spacial score (nSPS) is 11.2. The number of aromatic nitrogens is 2. The second-order valence-corrected chi connectivity index (χ2v) is 5.93. The summed E-state index contributed by atoms with van der Waals surface area (Å²) >= 11 is 5.17. The zero-order valence-electron chi connectivity index (χ0n) is 9.85. The van der Waals surface area contributed by atoms with Crippen LogP contribution in [-0.4, -0.2) is 9.55 Å². The van der Waals surface area contributed by atoms with E-state index in [-0.39, 0.29) is 0 Å². The molecule has 0 unspecified atom stereocenters. The van der Waals surface area contributed by atoms with Crippen molar-refractivity contribution in [1.82, 2.24) is 9.55 Å². The third-order valence-electron chi connectivity index (χ3n) is 3.03. The fourth-order valence-electron chi connectivity index (χ4n) is 2.01. The van der Waals surface area contributed by atoms with Gasteiger partial charge in [0.25, 0.3) is 0 Å². The number of aryl methyl sites for hydroxylation is 1. The molecule has 0 aliphatic rings.